The fourth-order valence-corrected chi connectivity index (χ4v) is 3.28. The molecule has 0 saturated heterocycles. The lowest BCUT2D eigenvalue weighted by Crippen LogP contribution is -2.28. The van der Waals surface area contributed by atoms with Crippen LogP contribution in [0.25, 0.3) is 21.5 Å². The number of phenolic OH excluding ortho intramolecular Hbond substituents is 2. The first kappa shape index (κ1) is 19.4. The smallest absolute Gasteiger partial charge is 0.207 e. The molecule has 4 aromatic carbocycles. The lowest BCUT2D eigenvalue weighted by atomic mass is 10.0. The van der Waals surface area contributed by atoms with E-state index in [1.807, 2.05) is 60.7 Å². The highest BCUT2D eigenvalue weighted by molar-refractivity contribution is 7.80. The number of rotatable bonds is 4. The SMILES string of the molecule is Oc1ccc2ccccc2c1/C=N\NC(=S)N/N=C\c1c(O)ccc2ccccc12. The minimum Gasteiger partial charge on any atom is -0.507 e. The van der Waals surface area contributed by atoms with Crippen LogP contribution in [0.3, 0.4) is 0 Å². The number of phenols is 2. The summed E-state index contributed by atoms with van der Waals surface area (Å²) in [5.74, 6) is 0.255. The van der Waals surface area contributed by atoms with E-state index in [1.54, 1.807) is 12.1 Å². The summed E-state index contributed by atoms with van der Waals surface area (Å²) in [6.45, 7) is 0. The second-order valence-corrected chi connectivity index (χ2v) is 6.92. The van der Waals surface area contributed by atoms with Crippen LogP contribution in [0.1, 0.15) is 11.1 Å². The maximum Gasteiger partial charge on any atom is 0.207 e. The Hall–Kier alpha value is -3.97. The minimum absolute atomic E-state index is 0.127. The molecule has 4 N–H and O–H groups in total. The van der Waals surface area contributed by atoms with Crippen LogP contribution in [0, 0.1) is 0 Å². The van der Waals surface area contributed by atoms with Crippen molar-refractivity contribution in [2.75, 3.05) is 0 Å². The Morgan fingerprint density at radius 3 is 1.57 bits per heavy atom. The third-order valence-electron chi connectivity index (χ3n) is 4.61. The van der Waals surface area contributed by atoms with Gasteiger partial charge in [0.2, 0.25) is 5.11 Å². The van der Waals surface area contributed by atoms with Crippen molar-refractivity contribution in [1.29, 1.82) is 0 Å². The van der Waals surface area contributed by atoms with Crippen molar-refractivity contribution in [2.45, 2.75) is 0 Å². The molecule has 4 aromatic rings. The lowest BCUT2D eigenvalue weighted by molar-refractivity contribution is 0.475. The Balaban J connectivity index is 1.44. The molecular formula is C23H18N4O2S. The highest BCUT2D eigenvalue weighted by atomic mass is 32.1. The molecule has 7 heteroatoms. The van der Waals surface area contributed by atoms with E-state index in [0.717, 1.165) is 21.5 Å². The van der Waals surface area contributed by atoms with E-state index in [1.165, 1.54) is 12.4 Å². The summed E-state index contributed by atoms with van der Waals surface area (Å²) < 4.78 is 0. The van der Waals surface area contributed by atoms with Gasteiger partial charge in [0.25, 0.3) is 0 Å². The zero-order valence-electron chi connectivity index (χ0n) is 15.8. The third-order valence-corrected chi connectivity index (χ3v) is 4.80. The molecule has 0 atom stereocenters. The van der Waals surface area contributed by atoms with Crippen LogP contribution in [0.5, 0.6) is 11.5 Å². The van der Waals surface area contributed by atoms with Crippen LogP contribution in [0.4, 0.5) is 0 Å². The van der Waals surface area contributed by atoms with Gasteiger partial charge in [-0.25, -0.2) is 0 Å². The molecule has 148 valence electrons. The van der Waals surface area contributed by atoms with Gasteiger partial charge in [0.15, 0.2) is 0 Å². The average Bonchev–Trinajstić information content (AvgIpc) is 2.77. The van der Waals surface area contributed by atoms with E-state index in [9.17, 15) is 10.2 Å². The van der Waals surface area contributed by atoms with Crippen molar-refractivity contribution < 1.29 is 10.2 Å². The molecule has 0 fully saturated rings. The van der Waals surface area contributed by atoms with Crippen LogP contribution < -0.4 is 10.9 Å². The van der Waals surface area contributed by atoms with E-state index < -0.39 is 0 Å². The molecule has 0 aliphatic rings. The molecule has 6 nitrogen and oxygen atoms in total. The molecule has 0 aromatic heterocycles. The van der Waals surface area contributed by atoms with Crippen molar-refractivity contribution in [3.05, 3.63) is 83.9 Å². The molecule has 0 bridgehead atoms. The molecule has 4 rings (SSSR count). The predicted molar refractivity (Wildman–Crippen MR) is 125 cm³/mol. The van der Waals surface area contributed by atoms with E-state index in [0.29, 0.717) is 11.1 Å². The van der Waals surface area contributed by atoms with Gasteiger partial charge in [-0.1, -0.05) is 60.7 Å². The van der Waals surface area contributed by atoms with Crippen LogP contribution in [-0.2, 0) is 0 Å². The maximum atomic E-state index is 10.1. The predicted octanol–water partition coefficient (Wildman–Crippen LogP) is 4.24. The van der Waals surface area contributed by atoms with Crippen LogP contribution >= 0.6 is 12.2 Å². The second kappa shape index (κ2) is 8.59. The summed E-state index contributed by atoms with van der Waals surface area (Å²) in [5.41, 5.74) is 6.51. The normalized spacial score (nSPS) is 11.5. The van der Waals surface area contributed by atoms with Gasteiger partial charge in [-0.15, -0.1) is 0 Å². The first-order chi connectivity index (χ1) is 14.6. The third kappa shape index (κ3) is 4.06. The summed E-state index contributed by atoms with van der Waals surface area (Å²) in [5, 5.41) is 32.4. The second-order valence-electron chi connectivity index (χ2n) is 6.51. The van der Waals surface area contributed by atoms with Gasteiger partial charge in [0.05, 0.1) is 12.4 Å². The number of thiocarbonyl (C=S) groups is 1. The van der Waals surface area contributed by atoms with Gasteiger partial charge in [-0.05, 0) is 45.9 Å². The number of benzene rings is 4. The number of fused-ring (bicyclic) bond motifs is 2. The van der Waals surface area contributed by atoms with Crippen molar-refractivity contribution in [2.24, 2.45) is 10.2 Å². The van der Waals surface area contributed by atoms with Gasteiger partial charge < -0.3 is 10.2 Å². The van der Waals surface area contributed by atoms with Gasteiger partial charge >= 0.3 is 0 Å². The Bertz CT molecular complexity index is 1200. The first-order valence-corrected chi connectivity index (χ1v) is 9.58. The molecule has 0 spiro atoms. The average molecular weight is 414 g/mol. The van der Waals surface area contributed by atoms with Crippen LogP contribution in [-0.4, -0.2) is 27.8 Å². The summed E-state index contributed by atoms with van der Waals surface area (Å²) in [4.78, 5) is 0. The number of hydrogen-bond donors (Lipinski definition) is 4. The standard InChI is InChI=1S/C23H18N4O2S/c28-21-11-9-15-5-1-3-7-17(15)19(21)13-24-26-23(30)27-25-14-20-18-8-4-2-6-16(18)10-12-22(20)29/h1-14,28-29H,(H2,26,27,30)/b24-13-,25-14-. The molecule has 0 heterocycles. The first-order valence-electron chi connectivity index (χ1n) is 9.17. The molecular weight excluding hydrogens is 396 g/mol. The highest BCUT2D eigenvalue weighted by Gasteiger charge is 2.05. The van der Waals surface area contributed by atoms with E-state index >= 15 is 0 Å². The maximum absolute atomic E-state index is 10.1. The fraction of sp³-hybridized carbons (Fsp3) is 0. The van der Waals surface area contributed by atoms with Crippen molar-refractivity contribution in [3.8, 4) is 11.5 Å². The van der Waals surface area contributed by atoms with Gasteiger partial charge in [-0.2, -0.15) is 10.2 Å². The summed E-state index contributed by atoms with van der Waals surface area (Å²) in [7, 11) is 0. The Kier molecular flexibility index (Phi) is 5.54. The number of aromatic hydroxyl groups is 2. The van der Waals surface area contributed by atoms with Crippen LogP contribution in [0.15, 0.2) is 83.0 Å². The van der Waals surface area contributed by atoms with Crippen molar-refractivity contribution in [3.63, 3.8) is 0 Å². The molecule has 0 radical (unpaired) electrons. The largest absolute Gasteiger partial charge is 0.507 e. The van der Waals surface area contributed by atoms with Crippen molar-refractivity contribution in [1.82, 2.24) is 10.9 Å². The zero-order chi connectivity index (χ0) is 20.9. The number of nitrogens with zero attached hydrogens (tertiary/aromatic N) is 2. The minimum atomic E-state index is 0.127. The number of nitrogens with one attached hydrogen (secondary N) is 2. The van der Waals surface area contributed by atoms with E-state index in [-0.39, 0.29) is 16.6 Å². The van der Waals surface area contributed by atoms with Gasteiger partial charge in [0.1, 0.15) is 11.5 Å². The van der Waals surface area contributed by atoms with Gasteiger partial charge in [0, 0.05) is 11.1 Å². The molecule has 0 aliphatic heterocycles. The Morgan fingerprint density at radius 2 is 1.10 bits per heavy atom. The zero-order valence-corrected chi connectivity index (χ0v) is 16.6. The Morgan fingerprint density at radius 1 is 0.667 bits per heavy atom. The topological polar surface area (TPSA) is 89.2 Å². The monoisotopic (exact) mass is 414 g/mol. The molecule has 30 heavy (non-hydrogen) atoms. The number of hydrogen-bond acceptors (Lipinski definition) is 5. The summed E-state index contributed by atoms with van der Waals surface area (Å²) in [6.07, 6.45) is 3.01. The van der Waals surface area contributed by atoms with E-state index in [2.05, 4.69) is 21.1 Å². The Labute approximate surface area is 178 Å². The van der Waals surface area contributed by atoms with Crippen molar-refractivity contribution >= 4 is 51.3 Å². The van der Waals surface area contributed by atoms with Gasteiger partial charge in [-0.3, -0.25) is 10.9 Å². The molecule has 0 saturated carbocycles. The fourth-order valence-electron chi connectivity index (χ4n) is 3.18. The lowest BCUT2D eigenvalue weighted by Gasteiger charge is -2.06. The van der Waals surface area contributed by atoms with E-state index in [4.69, 9.17) is 12.2 Å². The molecule has 0 aliphatic carbocycles. The quantitative estimate of drug-likeness (QED) is 0.228. The van der Waals surface area contributed by atoms with Crippen LogP contribution in [0.2, 0.25) is 0 Å². The summed E-state index contributed by atoms with van der Waals surface area (Å²) in [6, 6.07) is 22.4. The summed E-state index contributed by atoms with van der Waals surface area (Å²) >= 11 is 5.17. The molecule has 0 amide bonds. The molecule has 0 unspecified atom stereocenters. The highest BCUT2D eigenvalue weighted by Crippen LogP contribution is 2.26. The number of hydrazone groups is 2.